The van der Waals surface area contributed by atoms with E-state index in [4.69, 9.17) is 10.8 Å². The second-order valence-corrected chi connectivity index (χ2v) is 6.60. The Labute approximate surface area is 176 Å². The predicted octanol–water partition coefficient (Wildman–Crippen LogP) is -2.76. The molecule has 166 valence electrons. The largest absolute Gasteiger partial charge is 0.481 e. The van der Waals surface area contributed by atoms with Crippen LogP contribution in [0.25, 0.3) is 0 Å². The summed E-state index contributed by atoms with van der Waals surface area (Å²) < 4.78 is 0. The third-order valence-electron chi connectivity index (χ3n) is 3.86. The Morgan fingerprint density at radius 2 is 1.83 bits per heavy atom. The Morgan fingerprint density at radius 3 is 2.37 bits per heavy atom. The summed E-state index contributed by atoms with van der Waals surface area (Å²) in [4.78, 5) is 64.4. The summed E-state index contributed by atoms with van der Waals surface area (Å²) in [6, 6.07) is -3.48. The van der Waals surface area contributed by atoms with Gasteiger partial charge in [0.1, 0.15) is 12.1 Å². The minimum absolute atomic E-state index is 0.0292. The molecule has 3 unspecified atom stereocenters. The summed E-state index contributed by atoms with van der Waals surface area (Å²) in [6.07, 6.45) is 2.34. The lowest BCUT2D eigenvalue weighted by molar-refractivity contribution is -0.141. The lowest BCUT2D eigenvalue weighted by atomic mass is 10.1. The van der Waals surface area contributed by atoms with Gasteiger partial charge in [0.2, 0.25) is 17.7 Å². The first-order valence-electron chi connectivity index (χ1n) is 8.79. The lowest BCUT2D eigenvalue weighted by Gasteiger charge is -2.19. The molecule has 0 aliphatic heterocycles. The van der Waals surface area contributed by atoms with Gasteiger partial charge >= 0.3 is 11.9 Å². The van der Waals surface area contributed by atoms with Crippen molar-refractivity contribution < 1.29 is 34.2 Å². The molecule has 0 saturated carbocycles. The van der Waals surface area contributed by atoms with Gasteiger partial charge in [0, 0.05) is 30.5 Å². The second-order valence-electron chi connectivity index (χ2n) is 6.24. The number of thiol groups is 1. The number of carbonyl (C=O) groups excluding carboxylic acids is 3. The van der Waals surface area contributed by atoms with Crippen molar-refractivity contribution in [3.05, 3.63) is 18.2 Å². The molecular weight excluding hydrogens is 420 g/mol. The van der Waals surface area contributed by atoms with E-state index in [1.807, 2.05) is 0 Å². The molecule has 1 rings (SSSR count). The summed E-state index contributed by atoms with van der Waals surface area (Å²) in [5.74, 6) is -4.71. The average Bonchev–Trinajstić information content (AvgIpc) is 3.20. The van der Waals surface area contributed by atoms with Gasteiger partial charge in [-0.25, -0.2) is 9.78 Å². The van der Waals surface area contributed by atoms with Gasteiger partial charge in [-0.05, 0) is 6.42 Å². The van der Waals surface area contributed by atoms with Gasteiger partial charge in [0.15, 0.2) is 0 Å². The number of nitrogens with two attached hydrogens (primary N) is 1. The summed E-state index contributed by atoms with van der Waals surface area (Å²) in [7, 11) is 0. The number of nitrogens with zero attached hydrogens (tertiary/aromatic N) is 1. The van der Waals surface area contributed by atoms with Crippen molar-refractivity contribution in [2.45, 2.75) is 37.4 Å². The number of rotatable bonds is 13. The Morgan fingerprint density at radius 1 is 1.13 bits per heavy atom. The van der Waals surface area contributed by atoms with Crippen LogP contribution in [0.4, 0.5) is 0 Å². The fraction of sp³-hybridized carbons (Fsp3) is 0.500. The molecule has 3 atom stereocenters. The maximum absolute atomic E-state index is 12.2. The smallest absolute Gasteiger partial charge is 0.326 e. The number of hydrogen-bond donors (Lipinski definition) is 8. The number of hydrogen-bond acceptors (Lipinski definition) is 8. The normalized spacial score (nSPS) is 13.5. The highest BCUT2D eigenvalue weighted by Crippen LogP contribution is 1.99. The molecule has 0 bridgehead atoms. The highest BCUT2D eigenvalue weighted by molar-refractivity contribution is 7.80. The third kappa shape index (κ3) is 8.91. The van der Waals surface area contributed by atoms with Crippen LogP contribution in [0.15, 0.2) is 12.5 Å². The maximum atomic E-state index is 12.2. The van der Waals surface area contributed by atoms with Crippen LogP contribution in [0, 0.1) is 0 Å². The van der Waals surface area contributed by atoms with Crippen LogP contribution in [-0.2, 0) is 30.4 Å². The van der Waals surface area contributed by atoms with E-state index in [0.717, 1.165) is 0 Å². The van der Waals surface area contributed by atoms with E-state index in [2.05, 4.69) is 38.5 Å². The molecule has 0 spiro atoms. The van der Waals surface area contributed by atoms with E-state index >= 15 is 0 Å². The first-order chi connectivity index (χ1) is 14.1. The number of carbonyl (C=O) groups is 5. The molecular formula is C16H24N6O7S. The standard InChI is InChI=1S/C16H24N6O7S/c17-9(1-2-13(24)25)14(26)22-11(6-30)15(27)19-5-12(23)21-10(16(28)29)3-8-4-18-7-20-8/h4,7,9-11,30H,1-3,5-6,17H2,(H,18,20)(H,19,27)(H,21,23)(H,22,26)(H,24,25)(H,28,29). The Balaban J connectivity index is 2.50. The Bertz CT molecular complexity index is 757. The van der Waals surface area contributed by atoms with Gasteiger partial charge in [-0.3, -0.25) is 19.2 Å². The SMILES string of the molecule is NC(CCC(=O)O)C(=O)NC(CS)C(=O)NCC(=O)NC(Cc1cnc[nH]1)C(=O)O. The number of H-pyrrole nitrogens is 1. The van der Waals surface area contributed by atoms with Crippen LogP contribution >= 0.6 is 12.6 Å². The minimum atomic E-state index is -1.26. The van der Waals surface area contributed by atoms with Crippen LogP contribution < -0.4 is 21.7 Å². The Kier molecular flexibility index (Phi) is 10.3. The van der Waals surface area contributed by atoms with Gasteiger partial charge < -0.3 is 36.9 Å². The zero-order chi connectivity index (χ0) is 22.7. The Hall–Kier alpha value is -3.13. The number of imidazole rings is 1. The predicted molar refractivity (Wildman–Crippen MR) is 105 cm³/mol. The third-order valence-corrected chi connectivity index (χ3v) is 4.22. The average molecular weight is 444 g/mol. The number of carboxylic acids is 2. The molecule has 1 aromatic heterocycles. The second kappa shape index (κ2) is 12.4. The molecule has 1 heterocycles. The summed E-state index contributed by atoms with van der Waals surface area (Å²) in [5.41, 5.74) is 6.07. The molecule has 8 N–H and O–H groups in total. The van der Waals surface area contributed by atoms with E-state index in [1.54, 1.807) is 0 Å². The van der Waals surface area contributed by atoms with E-state index in [-0.39, 0.29) is 25.0 Å². The molecule has 0 aliphatic rings. The van der Waals surface area contributed by atoms with Gasteiger partial charge in [0.05, 0.1) is 18.9 Å². The molecule has 0 radical (unpaired) electrons. The lowest BCUT2D eigenvalue weighted by Crippen LogP contribution is -2.54. The van der Waals surface area contributed by atoms with Crippen molar-refractivity contribution in [2.24, 2.45) is 5.73 Å². The van der Waals surface area contributed by atoms with Crippen molar-refractivity contribution in [3.8, 4) is 0 Å². The van der Waals surface area contributed by atoms with Crippen molar-refractivity contribution in [2.75, 3.05) is 12.3 Å². The van der Waals surface area contributed by atoms with Crippen molar-refractivity contribution >= 4 is 42.3 Å². The number of aromatic nitrogens is 2. The molecule has 3 amide bonds. The van der Waals surface area contributed by atoms with Crippen molar-refractivity contribution in [1.82, 2.24) is 25.9 Å². The van der Waals surface area contributed by atoms with Gasteiger partial charge in [0.25, 0.3) is 0 Å². The zero-order valence-electron chi connectivity index (χ0n) is 15.8. The first kappa shape index (κ1) is 24.9. The topological polar surface area (TPSA) is 217 Å². The summed E-state index contributed by atoms with van der Waals surface area (Å²) in [5, 5.41) is 24.7. The fourth-order valence-corrected chi connectivity index (χ4v) is 2.49. The maximum Gasteiger partial charge on any atom is 0.326 e. The molecule has 0 aromatic carbocycles. The van der Waals surface area contributed by atoms with Crippen LogP contribution in [-0.4, -0.2) is 80.3 Å². The van der Waals surface area contributed by atoms with Crippen LogP contribution in [0.2, 0.25) is 0 Å². The molecule has 0 fully saturated rings. The zero-order valence-corrected chi connectivity index (χ0v) is 16.7. The quantitative estimate of drug-likeness (QED) is 0.148. The monoisotopic (exact) mass is 444 g/mol. The van der Waals surface area contributed by atoms with Crippen molar-refractivity contribution in [3.63, 3.8) is 0 Å². The fourth-order valence-electron chi connectivity index (χ4n) is 2.24. The van der Waals surface area contributed by atoms with E-state index in [9.17, 15) is 29.1 Å². The molecule has 30 heavy (non-hydrogen) atoms. The number of carboxylic acid groups (broad SMARTS) is 2. The van der Waals surface area contributed by atoms with E-state index in [0.29, 0.717) is 5.69 Å². The number of aromatic amines is 1. The van der Waals surface area contributed by atoms with E-state index in [1.165, 1.54) is 12.5 Å². The highest BCUT2D eigenvalue weighted by Gasteiger charge is 2.25. The van der Waals surface area contributed by atoms with Crippen LogP contribution in [0.5, 0.6) is 0 Å². The number of amides is 3. The van der Waals surface area contributed by atoms with Crippen LogP contribution in [0.3, 0.4) is 0 Å². The molecule has 0 aliphatic carbocycles. The number of nitrogens with one attached hydrogen (secondary N) is 4. The molecule has 1 aromatic rings. The van der Waals surface area contributed by atoms with E-state index < -0.39 is 54.3 Å². The summed E-state index contributed by atoms with van der Waals surface area (Å²) >= 11 is 3.96. The van der Waals surface area contributed by atoms with Crippen LogP contribution in [0.1, 0.15) is 18.5 Å². The van der Waals surface area contributed by atoms with Crippen molar-refractivity contribution in [1.29, 1.82) is 0 Å². The molecule has 0 saturated heterocycles. The minimum Gasteiger partial charge on any atom is -0.481 e. The summed E-state index contributed by atoms with van der Waals surface area (Å²) in [6.45, 7) is -0.531. The molecule has 14 heteroatoms. The highest BCUT2D eigenvalue weighted by atomic mass is 32.1. The van der Waals surface area contributed by atoms with Gasteiger partial charge in [-0.2, -0.15) is 12.6 Å². The van der Waals surface area contributed by atoms with Gasteiger partial charge in [-0.15, -0.1) is 0 Å². The number of aliphatic carboxylic acids is 2. The van der Waals surface area contributed by atoms with Gasteiger partial charge in [-0.1, -0.05) is 0 Å². The first-order valence-corrected chi connectivity index (χ1v) is 9.43. The molecule has 13 nitrogen and oxygen atoms in total.